The summed E-state index contributed by atoms with van der Waals surface area (Å²) in [5.41, 5.74) is 0.120. The van der Waals surface area contributed by atoms with Crippen LogP contribution in [-0.4, -0.2) is 37.5 Å². The lowest BCUT2D eigenvalue weighted by molar-refractivity contribution is -0.139. The number of rotatable bonds is 8. The van der Waals surface area contributed by atoms with Crippen molar-refractivity contribution < 1.29 is 23.1 Å². The first-order chi connectivity index (χ1) is 12.2. The number of carbonyl (C=O) groups excluding carboxylic acids is 1. The second-order valence-electron chi connectivity index (χ2n) is 7.12. The Balaban J connectivity index is 2.14. The summed E-state index contributed by atoms with van der Waals surface area (Å²) in [6, 6.07) is 4.58. The van der Waals surface area contributed by atoms with E-state index in [1.165, 1.54) is 24.3 Å². The van der Waals surface area contributed by atoms with E-state index in [1.807, 2.05) is 13.8 Å². The monoisotopic (exact) mass is 382 g/mol. The van der Waals surface area contributed by atoms with E-state index < -0.39 is 27.9 Å². The van der Waals surface area contributed by atoms with E-state index in [4.69, 9.17) is 0 Å². The van der Waals surface area contributed by atoms with Gasteiger partial charge in [-0.25, -0.2) is 17.9 Å². The van der Waals surface area contributed by atoms with Gasteiger partial charge in [0.1, 0.15) is 6.04 Å². The van der Waals surface area contributed by atoms with Crippen molar-refractivity contribution in [2.45, 2.75) is 62.9 Å². The van der Waals surface area contributed by atoms with Crippen LogP contribution in [0.25, 0.3) is 0 Å². The molecule has 0 aliphatic heterocycles. The molecule has 1 aliphatic carbocycles. The van der Waals surface area contributed by atoms with Crippen LogP contribution in [0.1, 0.15) is 56.3 Å². The highest BCUT2D eigenvalue weighted by atomic mass is 32.2. The Morgan fingerprint density at radius 3 is 2.46 bits per heavy atom. The van der Waals surface area contributed by atoms with Crippen LogP contribution in [0.5, 0.6) is 0 Å². The highest BCUT2D eigenvalue weighted by molar-refractivity contribution is 7.89. The van der Waals surface area contributed by atoms with Gasteiger partial charge in [-0.2, -0.15) is 0 Å². The van der Waals surface area contributed by atoms with Gasteiger partial charge in [0.2, 0.25) is 10.0 Å². The molecule has 1 atom stereocenters. The summed E-state index contributed by atoms with van der Waals surface area (Å²) in [6.45, 7) is 3.73. The van der Waals surface area contributed by atoms with Crippen molar-refractivity contribution in [3.8, 4) is 0 Å². The molecular formula is C18H26N2O5S. The van der Waals surface area contributed by atoms with Gasteiger partial charge in [-0.15, -0.1) is 0 Å². The van der Waals surface area contributed by atoms with Crippen molar-refractivity contribution in [2.24, 2.45) is 5.92 Å². The highest BCUT2D eigenvalue weighted by Gasteiger charge is 2.25. The van der Waals surface area contributed by atoms with Gasteiger partial charge in [-0.1, -0.05) is 32.8 Å². The van der Waals surface area contributed by atoms with Crippen molar-refractivity contribution in [1.82, 2.24) is 10.0 Å². The van der Waals surface area contributed by atoms with E-state index in [0.717, 1.165) is 25.7 Å². The summed E-state index contributed by atoms with van der Waals surface area (Å²) in [7, 11) is -3.71. The first-order valence-corrected chi connectivity index (χ1v) is 10.3. The Morgan fingerprint density at radius 1 is 1.23 bits per heavy atom. The molecule has 1 aromatic carbocycles. The fraction of sp³-hybridized carbons (Fsp3) is 0.556. The summed E-state index contributed by atoms with van der Waals surface area (Å²) in [4.78, 5) is 23.7. The van der Waals surface area contributed by atoms with Gasteiger partial charge in [-0.05, 0) is 43.4 Å². The second kappa shape index (κ2) is 8.64. The zero-order valence-corrected chi connectivity index (χ0v) is 15.9. The summed E-state index contributed by atoms with van der Waals surface area (Å²) < 4.78 is 27.7. The maximum Gasteiger partial charge on any atom is 0.326 e. The topological polar surface area (TPSA) is 113 Å². The van der Waals surface area contributed by atoms with Crippen LogP contribution in [0, 0.1) is 5.92 Å². The average molecular weight is 382 g/mol. The maximum absolute atomic E-state index is 12.5. The summed E-state index contributed by atoms with van der Waals surface area (Å²) in [6.07, 6.45) is 3.93. The number of amides is 1. The number of hydrogen-bond acceptors (Lipinski definition) is 4. The van der Waals surface area contributed by atoms with Gasteiger partial charge in [0.25, 0.3) is 5.91 Å². The number of carboxylic acid groups (broad SMARTS) is 1. The number of carbonyl (C=O) groups is 2. The molecule has 0 bridgehead atoms. The largest absolute Gasteiger partial charge is 0.480 e. The third-order valence-corrected chi connectivity index (χ3v) is 5.91. The minimum Gasteiger partial charge on any atom is -0.480 e. The Morgan fingerprint density at radius 2 is 1.88 bits per heavy atom. The van der Waals surface area contributed by atoms with Crippen molar-refractivity contribution >= 4 is 21.9 Å². The Kier molecular flexibility index (Phi) is 6.77. The lowest BCUT2D eigenvalue weighted by Gasteiger charge is -2.17. The van der Waals surface area contributed by atoms with E-state index in [1.54, 1.807) is 0 Å². The molecule has 26 heavy (non-hydrogen) atoms. The molecule has 0 spiro atoms. The third-order valence-electron chi connectivity index (χ3n) is 4.39. The zero-order valence-electron chi connectivity index (χ0n) is 15.1. The van der Waals surface area contributed by atoms with E-state index in [9.17, 15) is 23.1 Å². The standard InChI is InChI=1S/C18H26N2O5S/c1-12(2)10-16(18(22)23)19-17(21)13-6-5-9-15(11-13)26(24,25)20-14-7-3-4-8-14/h5-6,9,11-12,14,16,20H,3-4,7-8,10H2,1-2H3,(H,19,21)(H,22,23)/t16-/m1/s1. The number of aliphatic carboxylic acids is 1. The lowest BCUT2D eigenvalue weighted by Crippen LogP contribution is -2.41. The Bertz CT molecular complexity index is 755. The SMILES string of the molecule is CC(C)C[C@@H](NC(=O)c1cccc(S(=O)(=O)NC2CCCC2)c1)C(=O)O. The first kappa shape index (κ1) is 20.4. The van der Waals surface area contributed by atoms with Crippen molar-refractivity contribution in [3.05, 3.63) is 29.8 Å². The third kappa shape index (κ3) is 5.54. The predicted octanol–water partition coefficient (Wildman–Crippen LogP) is 2.14. The molecule has 1 aromatic rings. The predicted molar refractivity (Wildman–Crippen MR) is 97.4 cm³/mol. The molecule has 1 saturated carbocycles. The van der Waals surface area contributed by atoms with Gasteiger partial charge >= 0.3 is 5.97 Å². The molecular weight excluding hydrogens is 356 g/mol. The summed E-state index contributed by atoms with van der Waals surface area (Å²) >= 11 is 0. The molecule has 0 unspecified atom stereocenters. The smallest absolute Gasteiger partial charge is 0.326 e. The van der Waals surface area contributed by atoms with Crippen LogP contribution >= 0.6 is 0 Å². The molecule has 0 aromatic heterocycles. The van der Waals surface area contributed by atoms with Crippen LogP contribution in [0.4, 0.5) is 0 Å². The second-order valence-corrected chi connectivity index (χ2v) is 8.84. The molecule has 1 aliphatic rings. The number of hydrogen-bond donors (Lipinski definition) is 3. The fourth-order valence-electron chi connectivity index (χ4n) is 3.07. The van der Waals surface area contributed by atoms with Crippen molar-refractivity contribution in [1.29, 1.82) is 0 Å². The van der Waals surface area contributed by atoms with Crippen molar-refractivity contribution in [3.63, 3.8) is 0 Å². The molecule has 144 valence electrons. The molecule has 1 fully saturated rings. The van der Waals surface area contributed by atoms with E-state index in [0.29, 0.717) is 6.42 Å². The van der Waals surface area contributed by atoms with Gasteiger partial charge in [0, 0.05) is 11.6 Å². The molecule has 8 heteroatoms. The summed E-state index contributed by atoms with van der Waals surface area (Å²) in [5, 5.41) is 11.7. The van der Waals surface area contributed by atoms with E-state index >= 15 is 0 Å². The van der Waals surface area contributed by atoms with Gasteiger partial charge < -0.3 is 10.4 Å². The normalized spacial score (nSPS) is 16.6. The van der Waals surface area contributed by atoms with Gasteiger partial charge in [0.15, 0.2) is 0 Å². The first-order valence-electron chi connectivity index (χ1n) is 8.85. The van der Waals surface area contributed by atoms with Crippen LogP contribution < -0.4 is 10.0 Å². The minimum absolute atomic E-state index is 0.00721. The van der Waals surface area contributed by atoms with Crippen LogP contribution in [0.15, 0.2) is 29.2 Å². The van der Waals surface area contributed by atoms with Crippen molar-refractivity contribution in [2.75, 3.05) is 0 Å². The quantitative estimate of drug-likeness (QED) is 0.638. The Labute approximate surface area is 154 Å². The molecule has 2 rings (SSSR count). The summed E-state index contributed by atoms with van der Waals surface area (Å²) in [5.74, 6) is -1.62. The van der Waals surface area contributed by atoms with Gasteiger partial charge in [0.05, 0.1) is 4.90 Å². The molecule has 0 heterocycles. The Hall–Kier alpha value is -1.93. The number of sulfonamides is 1. The van der Waals surface area contributed by atoms with Crippen LogP contribution in [0.2, 0.25) is 0 Å². The van der Waals surface area contributed by atoms with Gasteiger partial charge in [-0.3, -0.25) is 4.79 Å². The van der Waals surface area contributed by atoms with E-state index in [2.05, 4.69) is 10.0 Å². The minimum atomic E-state index is -3.71. The maximum atomic E-state index is 12.5. The molecule has 0 saturated heterocycles. The number of carboxylic acids is 1. The fourth-order valence-corrected chi connectivity index (χ4v) is 4.42. The number of benzene rings is 1. The molecule has 7 nitrogen and oxygen atoms in total. The van der Waals surface area contributed by atoms with E-state index in [-0.39, 0.29) is 22.4 Å². The molecule has 1 amide bonds. The van der Waals surface area contributed by atoms with Crippen LogP contribution in [0.3, 0.4) is 0 Å². The molecule has 0 radical (unpaired) electrons. The lowest BCUT2D eigenvalue weighted by atomic mass is 10.0. The number of nitrogens with one attached hydrogen (secondary N) is 2. The highest BCUT2D eigenvalue weighted by Crippen LogP contribution is 2.21. The molecule has 3 N–H and O–H groups in total. The average Bonchev–Trinajstić information content (AvgIpc) is 3.06. The van der Waals surface area contributed by atoms with Crippen LogP contribution in [-0.2, 0) is 14.8 Å². The zero-order chi connectivity index (χ0) is 19.3.